The molecule has 1 aromatic carbocycles. The molecule has 0 aliphatic rings. The second-order valence-electron chi connectivity index (χ2n) is 4.92. The minimum Gasteiger partial charge on any atom is -0.493 e. The summed E-state index contributed by atoms with van der Waals surface area (Å²) in [4.78, 5) is 11.2. The van der Waals surface area contributed by atoms with Crippen LogP contribution in [0.25, 0.3) is 0 Å². The van der Waals surface area contributed by atoms with E-state index in [-0.39, 0.29) is 5.78 Å². The van der Waals surface area contributed by atoms with Crippen LogP contribution in [-0.4, -0.2) is 12.4 Å². The summed E-state index contributed by atoms with van der Waals surface area (Å²) in [6.07, 6.45) is 2.26. The molecule has 0 atom stereocenters. The standard InChI is InChI=1S/C15H22O2/c1-11(2)6-5-9-17-15-8-7-14(13(4)16)10-12(15)3/h7-8,10-11H,5-6,9H2,1-4H3. The van der Waals surface area contributed by atoms with Crippen LogP contribution in [0, 0.1) is 12.8 Å². The van der Waals surface area contributed by atoms with Crippen LogP contribution in [0.1, 0.15) is 49.5 Å². The lowest BCUT2D eigenvalue weighted by molar-refractivity contribution is 0.101. The number of hydrogen-bond acceptors (Lipinski definition) is 2. The van der Waals surface area contributed by atoms with Crippen LogP contribution < -0.4 is 4.74 Å². The molecule has 0 saturated carbocycles. The van der Waals surface area contributed by atoms with Crippen LogP contribution in [0.5, 0.6) is 5.75 Å². The summed E-state index contributed by atoms with van der Waals surface area (Å²) in [6.45, 7) is 8.74. The third-order valence-corrected chi connectivity index (χ3v) is 2.76. The first-order valence-corrected chi connectivity index (χ1v) is 6.25. The SMILES string of the molecule is CC(=O)c1ccc(OCCCC(C)C)c(C)c1. The largest absolute Gasteiger partial charge is 0.493 e. The number of ether oxygens (including phenoxy) is 1. The van der Waals surface area contributed by atoms with Gasteiger partial charge >= 0.3 is 0 Å². The number of Topliss-reactive ketones (excluding diaryl/α,β-unsaturated/α-hetero) is 1. The lowest BCUT2D eigenvalue weighted by atomic mass is 10.1. The molecule has 94 valence electrons. The van der Waals surface area contributed by atoms with E-state index >= 15 is 0 Å². The summed E-state index contributed by atoms with van der Waals surface area (Å²) >= 11 is 0. The Labute approximate surface area is 104 Å². The van der Waals surface area contributed by atoms with Gasteiger partial charge in [0, 0.05) is 5.56 Å². The van der Waals surface area contributed by atoms with Gasteiger partial charge in [-0.15, -0.1) is 0 Å². The number of carbonyl (C=O) groups is 1. The van der Waals surface area contributed by atoms with Gasteiger partial charge < -0.3 is 4.74 Å². The van der Waals surface area contributed by atoms with Crippen LogP contribution in [0.3, 0.4) is 0 Å². The Morgan fingerprint density at radius 1 is 1.35 bits per heavy atom. The van der Waals surface area contributed by atoms with E-state index in [1.807, 2.05) is 25.1 Å². The minimum absolute atomic E-state index is 0.0967. The van der Waals surface area contributed by atoms with Crippen molar-refractivity contribution in [2.45, 2.75) is 40.5 Å². The third kappa shape index (κ3) is 4.59. The van der Waals surface area contributed by atoms with Gasteiger partial charge in [-0.1, -0.05) is 13.8 Å². The lowest BCUT2D eigenvalue weighted by Crippen LogP contribution is -2.02. The summed E-state index contributed by atoms with van der Waals surface area (Å²) in [7, 11) is 0. The molecule has 0 aliphatic heterocycles. The predicted octanol–water partition coefficient (Wildman–Crippen LogP) is 4.01. The Hall–Kier alpha value is -1.31. The maximum absolute atomic E-state index is 11.2. The molecule has 0 bridgehead atoms. The molecule has 0 fully saturated rings. The summed E-state index contributed by atoms with van der Waals surface area (Å²) in [5.74, 6) is 1.71. The van der Waals surface area contributed by atoms with Crippen LogP contribution in [0.4, 0.5) is 0 Å². The molecule has 0 spiro atoms. The molecule has 1 rings (SSSR count). The Balaban J connectivity index is 2.52. The molecule has 0 aromatic heterocycles. The van der Waals surface area contributed by atoms with Crippen molar-refractivity contribution in [1.29, 1.82) is 0 Å². The smallest absolute Gasteiger partial charge is 0.159 e. The minimum atomic E-state index is 0.0967. The van der Waals surface area contributed by atoms with E-state index in [1.54, 1.807) is 6.92 Å². The van der Waals surface area contributed by atoms with Gasteiger partial charge in [-0.3, -0.25) is 4.79 Å². The first kappa shape index (κ1) is 13.8. The zero-order valence-electron chi connectivity index (χ0n) is 11.2. The molecular weight excluding hydrogens is 212 g/mol. The molecule has 17 heavy (non-hydrogen) atoms. The topological polar surface area (TPSA) is 26.3 Å². The summed E-state index contributed by atoms with van der Waals surface area (Å²) in [5.41, 5.74) is 1.78. The zero-order valence-corrected chi connectivity index (χ0v) is 11.2. The van der Waals surface area contributed by atoms with Crippen LogP contribution >= 0.6 is 0 Å². The van der Waals surface area contributed by atoms with Crippen molar-refractivity contribution in [3.8, 4) is 5.75 Å². The fraction of sp³-hybridized carbons (Fsp3) is 0.533. The van der Waals surface area contributed by atoms with Gasteiger partial charge in [0.25, 0.3) is 0 Å². The highest BCUT2D eigenvalue weighted by atomic mass is 16.5. The van der Waals surface area contributed by atoms with Crippen molar-refractivity contribution >= 4 is 5.78 Å². The second kappa shape index (κ2) is 6.43. The highest BCUT2D eigenvalue weighted by Crippen LogP contribution is 2.20. The summed E-state index contributed by atoms with van der Waals surface area (Å²) in [6, 6.07) is 5.61. The maximum Gasteiger partial charge on any atom is 0.159 e. The first-order valence-electron chi connectivity index (χ1n) is 6.25. The van der Waals surface area contributed by atoms with Gasteiger partial charge in [0.1, 0.15) is 5.75 Å². The Bertz CT molecular complexity index is 381. The summed E-state index contributed by atoms with van der Waals surface area (Å²) in [5, 5.41) is 0. The fourth-order valence-corrected chi connectivity index (χ4v) is 1.70. The van der Waals surface area contributed by atoms with E-state index in [4.69, 9.17) is 4.74 Å². The number of hydrogen-bond donors (Lipinski definition) is 0. The van der Waals surface area contributed by atoms with Crippen molar-refractivity contribution in [2.24, 2.45) is 5.92 Å². The Morgan fingerprint density at radius 2 is 2.06 bits per heavy atom. The molecule has 2 heteroatoms. The van der Waals surface area contributed by atoms with E-state index < -0.39 is 0 Å². The lowest BCUT2D eigenvalue weighted by Gasteiger charge is -2.10. The van der Waals surface area contributed by atoms with E-state index in [2.05, 4.69) is 13.8 Å². The number of ketones is 1. The number of carbonyl (C=O) groups excluding carboxylic acids is 1. The van der Waals surface area contributed by atoms with Gasteiger partial charge in [0.15, 0.2) is 5.78 Å². The fourth-order valence-electron chi connectivity index (χ4n) is 1.70. The monoisotopic (exact) mass is 234 g/mol. The van der Waals surface area contributed by atoms with Crippen molar-refractivity contribution in [1.82, 2.24) is 0 Å². The normalized spacial score (nSPS) is 10.6. The Kier molecular flexibility index (Phi) is 5.20. The molecular formula is C15H22O2. The van der Waals surface area contributed by atoms with Crippen molar-refractivity contribution in [3.63, 3.8) is 0 Å². The average molecular weight is 234 g/mol. The zero-order chi connectivity index (χ0) is 12.8. The van der Waals surface area contributed by atoms with Crippen LogP contribution in [0.2, 0.25) is 0 Å². The van der Waals surface area contributed by atoms with Crippen LogP contribution in [-0.2, 0) is 0 Å². The van der Waals surface area contributed by atoms with Gasteiger partial charge in [-0.05, 0) is 56.4 Å². The number of aryl methyl sites for hydroxylation is 1. The van der Waals surface area contributed by atoms with E-state index in [1.165, 1.54) is 6.42 Å². The quantitative estimate of drug-likeness (QED) is 0.549. The predicted molar refractivity (Wildman–Crippen MR) is 70.8 cm³/mol. The van der Waals surface area contributed by atoms with Gasteiger partial charge in [-0.25, -0.2) is 0 Å². The van der Waals surface area contributed by atoms with E-state index in [9.17, 15) is 4.79 Å². The molecule has 1 aromatic rings. The third-order valence-electron chi connectivity index (χ3n) is 2.76. The van der Waals surface area contributed by atoms with Crippen molar-refractivity contribution in [2.75, 3.05) is 6.61 Å². The van der Waals surface area contributed by atoms with Gasteiger partial charge in [-0.2, -0.15) is 0 Å². The molecule has 0 amide bonds. The van der Waals surface area contributed by atoms with E-state index in [0.29, 0.717) is 0 Å². The first-order chi connectivity index (χ1) is 8.00. The van der Waals surface area contributed by atoms with Crippen molar-refractivity contribution < 1.29 is 9.53 Å². The second-order valence-corrected chi connectivity index (χ2v) is 4.92. The molecule has 0 saturated heterocycles. The average Bonchev–Trinajstić information content (AvgIpc) is 2.25. The molecule has 0 radical (unpaired) electrons. The highest BCUT2D eigenvalue weighted by Gasteiger charge is 2.04. The highest BCUT2D eigenvalue weighted by molar-refractivity contribution is 5.94. The number of rotatable bonds is 6. The number of benzene rings is 1. The molecule has 0 heterocycles. The Morgan fingerprint density at radius 3 is 2.59 bits per heavy atom. The van der Waals surface area contributed by atoms with E-state index in [0.717, 1.165) is 35.8 Å². The maximum atomic E-state index is 11.2. The molecule has 0 N–H and O–H groups in total. The van der Waals surface area contributed by atoms with Gasteiger partial charge in [0.05, 0.1) is 6.61 Å². The summed E-state index contributed by atoms with van der Waals surface area (Å²) < 4.78 is 5.71. The van der Waals surface area contributed by atoms with Gasteiger partial charge in [0.2, 0.25) is 0 Å². The molecule has 2 nitrogen and oxygen atoms in total. The van der Waals surface area contributed by atoms with Crippen LogP contribution in [0.15, 0.2) is 18.2 Å². The van der Waals surface area contributed by atoms with Crippen molar-refractivity contribution in [3.05, 3.63) is 29.3 Å². The molecule has 0 unspecified atom stereocenters. The molecule has 0 aliphatic carbocycles.